The molecule has 1 N–H and O–H groups in total. The van der Waals surface area contributed by atoms with E-state index in [9.17, 15) is 18.0 Å². The average molecular weight is 211 g/mol. The average Bonchev–Trinajstić information content (AvgIpc) is 2.02. The van der Waals surface area contributed by atoms with Gasteiger partial charge in [0.25, 0.3) is 0 Å². The molecular weight excluding hydrogens is 199 g/mol. The van der Waals surface area contributed by atoms with Gasteiger partial charge in [0.1, 0.15) is 0 Å². The van der Waals surface area contributed by atoms with E-state index in [2.05, 4.69) is 10.1 Å². The summed E-state index contributed by atoms with van der Waals surface area (Å²) in [4.78, 5) is 10.6. The van der Waals surface area contributed by atoms with Crippen molar-refractivity contribution >= 4 is 5.97 Å². The lowest BCUT2D eigenvalue weighted by Gasteiger charge is -2.05. The first-order chi connectivity index (χ1) is 6.45. The zero-order valence-corrected chi connectivity index (χ0v) is 7.73. The van der Waals surface area contributed by atoms with Gasteiger partial charge in [0.15, 0.2) is 0 Å². The van der Waals surface area contributed by atoms with E-state index in [0.29, 0.717) is 0 Å². The molecule has 0 fully saturated rings. The third-order valence-corrected chi connectivity index (χ3v) is 1.13. The molecule has 0 aliphatic rings. The lowest BCUT2D eigenvalue weighted by Crippen LogP contribution is -2.28. The Hall–Kier alpha value is -1.04. The van der Waals surface area contributed by atoms with Gasteiger partial charge in [-0.05, 0) is 6.92 Å². The van der Waals surface area contributed by atoms with E-state index in [0.717, 1.165) is 6.08 Å². The third kappa shape index (κ3) is 9.05. The molecule has 0 bridgehead atoms. The molecule has 0 aromatic rings. The Morgan fingerprint density at radius 1 is 1.50 bits per heavy atom. The van der Waals surface area contributed by atoms with Crippen molar-refractivity contribution in [1.29, 1.82) is 0 Å². The Kier molecular flexibility index (Phi) is 5.94. The number of rotatable bonds is 5. The van der Waals surface area contributed by atoms with Crippen LogP contribution in [0, 0.1) is 0 Å². The summed E-state index contributed by atoms with van der Waals surface area (Å²) < 4.78 is 39.3. The smallest absolute Gasteiger partial charge is 0.401 e. The first kappa shape index (κ1) is 13.0. The minimum Gasteiger partial charge on any atom is -0.463 e. The van der Waals surface area contributed by atoms with Crippen LogP contribution in [-0.4, -0.2) is 31.8 Å². The highest BCUT2D eigenvalue weighted by Gasteiger charge is 2.25. The summed E-state index contributed by atoms with van der Waals surface area (Å²) in [5.74, 6) is -0.554. The summed E-state index contributed by atoms with van der Waals surface area (Å²) in [6.45, 7) is 0.811. The van der Waals surface area contributed by atoms with Crippen molar-refractivity contribution < 1.29 is 22.7 Å². The summed E-state index contributed by atoms with van der Waals surface area (Å²) in [6.07, 6.45) is -1.85. The van der Waals surface area contributed by atoms with Crippen LogP contribution in [0.2, 0.25) is 0 Å². The minimum absolute atomic E-state index is 0.0156. The Morgan fingerprint density at radius 2 is 2.14 bits per heavy atom. The highest BCUT2D eigenvalue weighted by molar-refractivity contribution is 5.81. The number of carbonyl (C=O) groups is 1. The Morgan fingerprint density at radius 3 is 2.64 bits per heavy atom. The van der Waals surface area contributed by atoms with Gasteiger partial charge in [-0.25, -0.2) is 4.79 Å². The SMILES string of the molecule is CCOC(=O)/C=C/CNCC(F)(F)F. The molecule has 3 nitrogen and oxygen atoms in total. The van der Waals surface area contributed by atoms with Crippen LogP contribution >= 0.6 is 0 Å². The number of alkyl halides is 3. The minimum atomic E-state index is -4.22. The van der Waals surface area contributed by atoms with E-state index in [4.69, 9.17) is 0 Å². The first-order valence-electron chi connectivity index (χ1n) is 4.06. The topological polar surface area (TPSA) is 38.3 Å². The van der Waals surface area contributed by atoms with E-state index in [-0.39, 0.29) is 13.2 Å². The number of esters is 1. The molecule has 0 saturated heterocycles. The molecule has 0 radical (unpaired) electrons. The number of nitrogens with one attached hydrogen (secondary N) is 1. The zero-order chi connectivity index (χ0) is 11.0. The van der Waals surface area contributed by atoms with Gasteiger partial charge >= 0.3 is 12.1 Å². The molecular formula is C8H12F3NO2. The fourth-order valence-corrected chi connectivity index (χ4v) is 0.643. The second kappa shape index (κ2) is 6.42. The summed E-state index contributed by atoms with van der Waals surface area (Å²) in [5, 5.41) is 2.10. The number of hydrogen-bond donors (Lipinski definition) is 1. The normalized spacial score (nSPS) is 12.0. The fourth-order valence-electron chi connectivity index (χ4n) is 0.643. The van der Waals surface area contributed by atoms with E-state index in [1.807, 2.05) is 0 Å². The summed E-state index contributed by atoms with van der Waals surface area (Å²) >= 11 is 0. The van der Waals surface area contributed by atoms with Crippen LogP contribution in [0.5, 0.6) is 0 Å². The van der Waals surface area contributed by atoms with Crippen molar-refractivity contribution in [3.63, 3.8) is 0 Å². The lowest BCUT2D eigenvalue weighted by molar-refractivity contribution is -0.137. The van der Waals surface area contributed by atoms with Crippen molar-refractivity contribution in [2.24, 2.45) is 0 Å². The van der Waals surface area contributed by atoms with Crippen LogP contribution in [-0.2, 0) is 9.53 Å². The molecule has 0 amide bonds. The molecule has 0 aromatic heterocycles. The largest absolute Gasteiger partial charge is 0.463 e. The standard InChI is InChI=1S/C8H12F3NO2/c1-2-14-7(13)4-3-5-12-6-8(9,10)11/h3-4,12H,2,5-6H2,1H3/b4-3+. The molecule has 0 saturated carbocycles. The third-order valence-electron chi connectivity index (χ3n) is 1.13. The number of halogens is 3. The van der Waals surface area contributed by atoms with Gasteiger partial charge in [0, 0.05) is 12.6 Å². The van der Waals surface area contributed by atoms with Gasteiger partial charge in [-0.15, -0.1) is 0 Å². The quantitative estimate of drug-likeness (QED) is 0.422. The first-order valence-corrected chi connectivity index (χ1v) is 4.06. The van der Waals surface area contributed by atoms with Gasteiger partial charge in [-0.1, -0.05) is 6.08 Å². The predicted molar refractivity (Wildman–Crippen MR) is 44.7 cm³/mol. The number of ether oxygens (including phenoxy) is 1. The Labute approximate surface area is 79.9 Å². The molecule has 0 aromatic carbocycles. The summed E-state index contributed by atoms with van der Waals surface area (Å²) in [6, 6.07) is 0. The molecule has 14 heavy (non-hydrogen) atoms. The van der Waals surface area contributed by atoms with Gasteiger partial charge < -0.3 is 10.1 Å². The maximum Gasteiger partial charge on any atom is 0.401 e. The molecule has 0 rings (SSSR count). The van der Waals surface area contributed by atoms with E-state index < -0.39 is 18.7 Å². The van der Waals surface area contributed by atoms with Gasteiger partial charge in [-0.3, -0.25) is 0 Å². The predicted octanol–water partition coefficient (Wildman–Crippen LogP) is 1.26. The van der Waals surface area contributed by atoms with Crippen LogP contribution in [0.1, 0.15) is 6.92 Å². The van der Waals surface area contributed by atoms with Crippen LogP contribution in [0.25, 0.3) is 0 Å². The second-order valence-electron chi connectivity index (χ2n) is 2.40. The maximum atomic E-state index is 11.6. The molecule has 0 aliphatic carbocycles. The van der Waals surface area contributed by atoms with Crippen molar-refractivity contribution in [2.45, 2.75) is 13.1 Å². The molecule has 0 aliphatic heterocycles. The highest BCUT2D eigenvalue weighted by Crippen LogP contribution is 2.11. The molecule has 0 unspecified atom stereocenters. The monoisotopic (exact) mass is 211 g/mol. The van der Waals surface area contributed by atoms with Crippen LogP contribution in [0.15, 0.2) is 12.2 Å². The number of carbonyl (C=O) groups excluding carboxylic acids is 1. The molecule has 0 atom stereocenters. The van der Waals surface area contributed by atoms with Crippen LogP contribution in [0.4, 0.5) is 13.2 Å². The van der Waals surface area contributed by atoms with E-state index >= 15 is 0 Å². The van der Waals surface area contributed by atoms with Crippen molar-refractivity contribution in [3.8, 4) is 0 Å². The molecule has 0 spiro atoms. The van der Waals surface area contributed by atoms with Gasteiger partial charge in [0.2, 0.25) is 0 Å². The number of hydrogen-bond acceptors (Lipinski definition) is 3. The van der Waals surface area contributed by atoms with Gasteiger partial charge in [-0.2, -0.15) is 13.2 Å². The Bertz CT molecular complexity index is 201. The van der Waals surface area contributed by atoms with E-state index in [1.165, 1.54) is 6.08 Å². The van der Waals surface area contributed by atoms with E-state index in [1.54, 1.807) is 6.92 Å². The van der Waals surface area contributed by atoms with Crippen molar-refractivity contribution in [1.82, 2.24) is 5.32 Å². The van der Waals surface area contributed by atoms with Gasteiger partial charge in [0.05, 0.1) is 13.2 Å². The fraction of sp³-hybridized carbons (Fsp3) is 0.625. The van der Waals surface area contributed by atoms with Crippen molar-refractivity contribution in [2.75, 3.05) is 19.7 Å². The molecule has 6 heteroatoms. The maximum absolute atomic E-state index is 11.6. The van der Waals surface area contributed by atoms with Crippen LogP contribution in [0.3, 0.4) is 0 Å². The Balaban J connectivity index is 3.49. The second-order valence-corrected chi connectivity index (χ2v) is 2.40. The lowest BCUT2D eigenvalue weighted by atomic mass is 10.5. The molecule has 0 heterocycles. The highest BCUT2D eigenvalue weighted by atomic mass is 19.4. The summed E-state index contributed by atoms with van der Waals surface area (Å²) in [5.41, 5.74) is 0. The molecule has 82 valence electrons. The van der Waals surface area contributed by atoms with Crippen molar-refractivity contribution in [3.05, 3.63) is 12.2 Å². The van der Waals surface area contributed by atoms with Crippen LogP contribution < -0.4 is 5.32 Å². The zero-order valence-electron chi connectivity index (χ0n) is 7.73. The summed E-state index contributed by atoms with van der Waals surface area (Å²) in [7, 11) is 0.